The first-order valence-corrected chi connectivity index (χ1v) is 15.5. The van der Waals surface area contributed by atoms with Gasteiger partial charge in [0.25, 0.3) is 0 Å². The predicted octanol–water partition coefficient (Wildman–Crippen LogP) is 2.06. The molecule has 1 aliphatic carbocycles. The van der Waals surface area contributed by atoms with Crippen LogP contribution < -0.4 is 5.73 Å². The van der Waals surface area contributed by atoms with Gasteiger partial charge >= 0.3 is 5.97 Å². The van der Waals surface area contributed by atoms with Gasteiger partial charge in [0.05, 0.1) is 29.2 Å². The van der Waals surface area contributed by atoms with Crippen molar-refractivity contribution in [2.24, 2.45) is 17.1 Å². The molecule has 14 heteroatoms. The number of nitrogens with zero attached hydrogens (tertiary/aromatic N) is 3. The SMILES string of the molecule is N#CC1(C(N)=O)CC1N1C[C@H](C(=O)C(c2ccc(Cl)cc2)(N2CCOCC2)S(=O)(=O)c2ccccc2Cl)C[C@H]1C(=O)O. The fourth-order valence-electron chi connectivity index (χ4n) is 6.32. The van der Waals surface area contributed by atoms with E-state index in [0.29, 0.717) is 5.02 Å². The summed E-state index contributed by atoms with van der Waals surface area (Å²) in [5.41, 5.74) is 4.03. The number of carboxylic acid groups (broad SMARTS) is 1. The van der Waals surface area contributed by atoms with Gasteiger partial charge in [-0.1, -0.05) is 47.5 Å². The Kier molecular flexibility index (Phi) is 8.12. The lowest BCUT2D eigenvalue weighted by atomic mass is 9.89. The average molecular weight is 636 g/mol. The summed E-state index contributed by atoms with van der Waals surface area (Å²) in [4.78, 5) is 39.9. The van der Waals surface area contributed by atoms with Crippen LogP contribution in [0.5, 0.6) is 0 Å². The second-order valence-electron chi connectivity index (χ2n) is 10.7. The highest BCUT2D eigenvalue weighted by Crippen LogP contribution is 2.53. The van der Waals surface area contributed by atoms with E-state index in [-0.39, 0.29) is 61.2 Å². The number of likely N-dealkylation sites (tertiary alicyclic amines) is 1. The summed E-state index contributed by atoms with van der Waals surface area (Å²) in [5.74, 6) is -3.99. The van der Waals surface area contributed by atoms with Gasteiger partial charge in [-0.15, -0.1) is 0 Å². The molecule has 0 spiro atoms. The molecule has 2 saturated heterocycles. The Hall–Kier alpha value is -3.05. The maximum Gasteiger partial charge on any atom is 0.320 e. The number of carbonyl (C=O) groups excluding carboxylic acids is 2. The van der Waals surface area contributed by atoms with Gasteiger partial charge in [-0.3, -0.25) is 24.2 Å². The fourth-order valence-corrected chi connectivity index (χ4v) is 9.18. The molecule has 3 unspecified atom stereocenters. The molecule has 3 fully saturated rings. The zero-order chi connectivity index (χ0) is 30.4. The van der Waals surface area contributed by atoms with Gasteiger partial charge in [-0.05, 0) is 42.7 Å². The quantitative estimate of drug-likeness (QED) is 0.416. The molecule has 1 saturated carbocycles. The maximum absolute atomic E-state index is 15.0. The van der Waals surface area contributed by atoms with Crippen LogP contribution in [-0.4, -0.2) is 85.9 Å². The monoisotopic (exact) mass is 634 g/mol. The third-order valence-corrected chi connectivity index (χ3v) is 11.6. The maximum atomic E-state index is 15.0. The number of ether oxygens (including phenoxy) is 1. The van der Waals surface area contributed by atoms with Gasteiger partial charge in [0.2, 0.25) is 20.6 Å². The summed E-state index contributed by atoms with van der Waals surface area (Å²) in [6.45, 7) is 0.285. The number of amides is 1. The summed E-state index contributed by atoms with van der Waals surface area (Å²) >= 11 is 12.6. The van der Waals surface area contributed by atoms with E-state index in [1.165, 1.54) is 47.4 Å². The molecule has 3 aliphatic rings. The molecule has 3 N–H and O–H groups in total. The number of nitrogens with two attached hydrogens (primary N) is 1. The molecule has 5 atom stereocenters. The van der Waals surface area contributed by atoms with Crippen LogP contribution in [0.25, 0.3) is 0 Å². The van der Waals surface area contributed by atoms with Gasteiger partial charge in [0.15, 0.2) is 11.2 Å². The number of nitriles is 1. The van der Waals surface area contributed by atoms with Crippen LogP contribution in [-0.2, 0) is 33.8 Å². The Bertz CT molecular complexity index is 1580. The highest BCUT2D eigenvalue weighted by molar-refractivity contribution is 7.93. The second-order valence-corrected chi connectivity index (χ2v) is 13.6. The van der Waals surface area contributed by atoms with E-state index >= 15 is 0 Å². The first-order chi connectivity index (χ1) is 19.9. The molecule has 222 valence electrons. The number of morpholine rings is 1. The summed E-state index contributed by atoms with van der Waals surface area (Å²) in [7, 11) is -4.64. The number of carboxylic acids is 1. The number of benzene rings is 2. The number of aliphatic carboxylic acids is 1. The minimum Gasteiger partial charge on any atom is -0.480 e. The Balaban J connectivity index is 1.69. The Morgan fingerprint density at radius 3 is 2.29 bits per heavy atom. The van der Waals surface area contributed by atoms with Crippen LogP contribution in [0, 0.1) is 22.7 Å². The van der Waals surface area contributed by atoms with Gasteiger partial charge in [-0.2, -0.15) is 5.26 Å². The normalized spacial score (nSPS) is 28.0. The predicted molar refractivity (Wildman–Crippen MR) is 151 cm³/mol. The van der Waals surface area contributed by atoms with E-state index in [9.17, 15) is 33.2 Å². The number of Topliss-reactive ketones (excluding diaryl/α,β-unsaturated/α-hetero) is 1. The zero-order valence-electron chi connectivity index (χ0n) is 22.3. The molecular formula is C28H28Cl2N4O7S. The molecule has 2 heterocycles. The summed E-state index contributed by atoms with van der Waals surface area (Å²) in [6, 6.07) is 11.6. The van der Waals surface area contributed by atoms with Crippen molar-refractivity contribution in [3.05, 3.63) is 64.1 Å². The minimum atomic E-state index is -4.64. The van der Waals surface area contributed by atoms with Crippen LogP contribution >= 0.6 is 23.2 Å². The van der Waals surface area contributed by atoms with Crippen LogP contribution in [0.15, 0.2) is 53.4 Å². The molecule has 11 nitrogen and oxygen atoms in total. The summed E-state index contributed by atoms with van der Waals surface area (Å²) in [6.07, 6.45) is -0.212. The third kappa shape index (κ3) is 4.69. The molecule has 5 rings (SSSR count). The first-order valence-electron chi connectivity index (χ1n) is 13.2. The minimum absolute atomic E-state index is 0.0211. The second kappa shape index (κ2) is 11.2. The molecule has 2 aromatic rings. The van der Waals surface area contributed by atoms with Gasteiger partial charge in [0.1, 0.15) is 6.04 Å². The van der Waals surface area contributed by atoms with Gasteiger partial charge in [-0.25, -0.2) is 8.42 Å². The van der Waals surface area contributed by atoms with Crippen molar-refractivity contribution in [2.45, 2.75) is 34.7 Å². The number of hydrogen-bond acceptors (Lipinski definition) is 9. The highest BCUT2D eigenvalue weighted by Gasteiger charge is 2.67. The molecular weight excluding hydrogens is 607 g/mol. The van der Waals surface area contributed by atoms with Crippen molar-refractivity contribution in [1.82, 2.24) is 9.80 Å². The smallest absolute Gasteiger partial charge is 0.320 e. The first kappa shape index (κ1) is 30.4. The summed E-state index contributed by atoms with van der Waals surface area (Å²) < 4.78 is 35.3. The van der Waals surface area contributed by atoms with Crippen LogP contribution in [0.2, 0.25) is 10.0 Å². The molecule has 0 radical (unpaired) electrons. The van der Waals surface area contributed by atoms with Crippen molar-refractivity contribution in [1.29, 1.82) is 5.26 Å². The number of ketones is 1. The third-order valence-electron chi connectivity index (χ3n) is 8.50. The van der Waals surface area contributed by atoms with E-state index < -0.39 is 55.8 Å². The highest BCUT2D eigenvalue weighted by atomic mass is 35.5. The Morgan fingerprint density at radius 1 is 1.10 bits per heavy atom. The average Bonchev–Trinajstić information content (AvgIpc) is 3.56. The van der Waals surface area contributed by atoms with E-state index in [0.717, 1.165) is 0 Å². The number of carbonyl (C=O) groups is 3. The van der Waals surface area contributed by atoms with Crippen molar-refractivity contribution >= 4 is 50.7 Å². The molecule has 0 aromatic heterocycles. The van der Waals surface area contributed by atoms with E-state index in [1.54, 1.807) is 11.0 Å². The number of sulfone groups is 1. The molecule has 2 aliphatic heterocycles. The lowest BCUT2D eigenvalue weighted by Crippen LogP contribution is -2.61. The van der Waals surface area contributed by atoms with Crippen molar-refractivity contribution in [3.8, 4) is 6.07 Å². The van der Waals surface area contributed by atoms with Crippen molar-refractivity contribution < 1.29 is 32.6 Å². The molecule has 1 amide bonds. The standard InChI is InChI=1S/C28H28Cl2N4O7S/c29-19-7-5-18(6-8-19)28(33-9-11-41-12-10-33,42(39,40)22-4-2-1-3-20(22)30)24(35)17-13-21(25(36)37)34(15-17)23-14-27(23,16-31)26(32)38/h1-8,17,21,23H,9-15H2,(H2,32,38)(H,36,37)/t17-,21+,23?,27?,28?/m1/s1. The lowest BCUT2D eigenvalue weighted by Gasteiger charge is -2.45. The van der Waals surface area contributed by atoms with Crippen LogP contribution in [0.1, 0.15) is 18.4 Å². The summed E-state index contributed by atoms with van der Waals surface area (Å²) in [5, 5.41) is 20.0. The van der Waals surface area contributed by atoms with E-state index in [1.807, 2.05) is 6.07 Å². The Labute approximate surface area is 252 Å². The van der Waals surface area contributed by atoms with Crippen molar-refractivity contribution in [3.63, 3.8) is 0 Å². The number of hydrogen-bond donors (Lipinski definition) is 2. The molecule has 2 aromatic carbocycles. The number of halogens is 2. The van der Waals surface area contributed by atoms with Crippen LogP contribution in [0.4, 0.5) is 0 Å². The van der Waals surface area contributed by atoms with E-state index in [2.05, 4.69) is 0 Å². The fraction of sp³-hybridized carbons (Fsp3) is 0.429. The van der Waals surface area contributed by atoms with Gasteiger partial charge < -0.3 is 15.6 Å². The van der Waals surface area contributed by atoms with Gasteiger partial charge in [0, 0.05) is 36.6 Å². The van der Waals surface area contributed by atoms with Crippen molar-refractivity contribution in [2.75, 3.05) is 32.8 Å². The zero-order valence-corrected chi connectivity index (χ0v) is 24.6. The van der Waals surface area contributed by atoms with E-state index in [4.69, 9.17) is 33.7 Å². The Morgan fingerprint density at radius 2 is 1.74 bits per heavy atom. The number of primary amides is 1. The largest absolute Gasteiger partial charge is 0.480 e. The lowest BCUT2D eigenvalue weighted by molar-refractivity contribution is -0.142. The molecule has 0 bridgehead atoms. The van der Waals surface area contributed by atoms with Crippen LogP contribution in [0.3, 0.4) is 0 Å². The topological polar surface area (TPSA) is 171 Å². The molecule has 42 heavy (non-hydrogen) atoms. The number of rotatable bonds is 9.